The number of aryl methyl sites for hydroxylation is 1. The Morgan fingerprint density at radius 2 is 2.25 bits per heavy atom. The second-order valence-corrected chi connectivity index (χ2v) is 4.80. The molecular weight excluding hydrogens is 222 g/mol. The summed E-state index contributed by atoms with van der Waals surface area (Å²) in [5.41, 5.74) is 6.88. The molecule has 16 heavy (non-hydrogen) atoms. The van der Waals surface area contributed by atoms with Crippen LogP contribution in [0.15, 0.2) is 0 Å². The average Bonchev–Trinajstić information content (AvgIpc) is 2.69. The zero-order valence-electron chi connectivity index (χ0n) is 10.3. The van der Waals surface area contributed by atoms with Crippen molar-refractivity contribution < 1.29 is 4.74 Å². The van der Waals surface area contributed by atoms with Crippen molar-refractivity contribution in [3.63, 3.8) is 0 Å². The van der Waals surface area contributed by atoms with Gasteiger partial charge in [-0.05, 0) is 6.42 Å². The van der Waals surface area contributed by atoms with Gasteiger partial charge in [0.05, 0.1) is 12.3 Å². The van der Waals surface area contributed by atoms with E-state index in [1.807, 2.05) is 7.05 Å². The maximum absolute atomic E-state index is 5.72. The van der Waals surface area contributed by atoms with Crippen molar-refractivity contribution in [3.05, 3.63) is 10.6 Å². The number of nitrogens with zero attached hydrogens (tertiary/aromatic N) is 2. The minimum atomic E-state index is 0.588. The molecule has 0 saturated carbocycles. The molecule has 1 aromatic rings. The van der Waals surface area contributed by atoms with Crippen LogP contribution in [0.4, 0.5) is 5.13 Å². The molecule has 0 aliphatic rings. The molecule has 1 rings (SSSR count). The molecule has 0 radical (unpaired) electrons. The highest BCUT2D eigenvalue weighted by Crippen LogP contribution is 2.26. The molecule has 0 spiro atoms. The smallest absolute Gasteiger partial charge is 0.185 e. The third kappa shape index (κ3) is 3.43. The summed E-state index contributed by atoms with van der Waals surface area (Å²) in [6.07, 6.45) is 2.12. The highest BCUT2D eigenvalue weighted by atomic mass is 32.1. The van der Waals surface area contributed by atoms with Crippen molar-refractivity contribution in [2.24, 2.45) is 5.73 Å². The number of thiazole rings is 1. The van der Waals surface area contributed by atoms with Crippen molar-refractivity contribution in [2.75, 3.05) is 32.2 Å². The number of nitrogens with two attached hydrogens (primary N) is 1. The summed E-state index contributed by atoms with van der Waals surface area (Å²) in [4.78, 5) is 7.96. The van der Waals surface area contributed by atoms with Crippen molar-refractivity contribution in [1.82, 2.24) is 4.98 Å². The third-order valence-corrected chi connectivity index (χ3v) is 3.63. The van der Waals surface area contributed by atoms with Gasteiger partial charge in [0.1, 0.15) is 0 Å². The zero-order valence-corrected chi connectivity index (χ0v) is 11.1. The van der Waals surface area contributed by atoms with Crippen LogP contribution in [-0.4, -0.2) is 32.3 Å². The van der Waals surface area contributed by atoms with Gasteiger partial charge in [-0.2, -0.15) is 0 Å². The van der Waals surface area contributed by atoms with Crippen LogP contribution in [0, 0.1) is 0 Å². The Kier molecular flexibility index (Phi) is 5.73. The summed E-state index contributed by atoms with van der Waals surface area (Å²) in [5, 5.41) is 1.04. The van der Waals surface area contributed by atoms with Crippen molar-refractivity contribution in [1.29, 1.82) is 0 Å². The zero-order chi connectivity index (χ0) is 12.0. The Morgan fingerprint density at radius 3 is 2.81 bits per heavy atom. The molecule has 4 nitrogen and oxygen atoms in total. The lowest BCUT2D eigenvalue weighted by atomic mass is 10.2. The van der Waals surface area contributed by atoms with Gasteiger partial charge >= 0.3 is 0 Å². The van der Waals surface area contributed by atoms with E-state index in [-0.39, 0.29) is 0 Å². The number of methoxy groups -OCH3 is 1. The number of anilines is 1. The van der Waals surface area contributed by atoms with Crippen molar-refractivity contribution in [2.45, 2.75) is 26.3 Å². The van der Waals surface area contributed by atoms with Gasteiger partial charge < -0.3 is 15.4 Å². The summed E-state index contributed by atoms with van der Waals surface area (Å²) in [7, 11) is 3.75. The second kappa shape index (κ2) is 6.83. The van der Waals surface area contributed by atoms with Crippen LogP contribution in [0.25, 0.3) is 0 Å². The van der Waals surface area contributed by atoms with Gasteiger partial charge in [0, 0.05) is 32.1 Å². The molecule has 0 aliphatic carbocycles. The first kappa shape index (κ1) is 13.4. The van der Waals surface area contributed by atoms with Gasteiger partial charge in [-0.1, -0.05) is 13.3 Å². The Balaban J connectivity index is 2.72. The lowest BCUT2D eigenvalue weighted by Gasteiger charge is -2.14. The predicted molar refractivity (Wildman–Crippen MR) is 69.1 cm³/mol. The molecule has 92 valence electrons. The van der Waals surface area contributed by atoms with Gasteiger partial charge in [0.2, 0.25) is 0 Å². The number of rotatable bonds is 7. The molecule has 0 unspecified atom stereocenters. The molecule has 0 saturated heterocycles. The summed E-state index contributed by atoms with van der Waals surface area (Å²) in [5.74, 6) is 0. The van der Waals surface area contributed by atoms with Crippen molar-refractivity contribution >= 4 is 16.5 Å². The van der Waals surface area contributed by atoms with Crippen LogP contribution in [0.2, 0.25) is 0 Å². The van der Waals surface area contributed by atoms with Gasteiger partial charge in [-0.15, -0.1) is 11.3 Å². The van der Waals surface area contributed by atoms with E-state index in [0.29, 0.717) is 6.54 Å². The fourth-order valence-electron chi connectivity index (χ4n) is 1.45. The van der Waals surface area contributed by atoms with E-state index in [2.05, 4.69) is 16.8 Å². The first-order chi connectivity index (χ1) is 7.72. The van der Waals surface area contributed by atoms with E-state index in [1.165, 1.54) is 4.88 Å². The lowest BCUT2D eigenvalue weighted by molar-refractivity contribution is 0.206. The lowest BCUT2D eigenvalue weighted by Crippen LogP contribution is -2.21. The van der Waals surface area contributed by atoms with Crippen LogP contribution in [0.3, 0.4) is 0 Å². The molecular formula is C11H21N3OS. The molecule has 0 aromatic carbocycles. The van der Waals surface area contributed by atoms with Crippen LogP contribution in [0.5, 0.6) is 0 Å². The third-order valence-electron chi connectivity index (χ3n) is 2.40. The summed E-state index contributed by atoms with van der Waals surface area (Å²) in [6, 6.07) is 0. The predicted octanol–water partition coefficient (Wildman–Crippen LogP) is 1.64. The summed E-state index contributed by atoms with van der Waals surface area (Å²) in [6.45, 7) is 4.33. The molecule has 2 N–H and O–H groups in total. The molecule has 1 heterocycles. The van der Waals surface area contributed by atoms with E-state index >= 15 is 0 Å². The monoisotopic (exact) mass is 243 g/mol. The Bertz CT molecular complexity index is 314. The first-order valence-corrected chi connectivity index (χ1v) is 6.43. The number of likely N-dealkylation sites (N-methyl/N-ethyl adjacent to an activating group) is 1. The van der Waals surface area contributed by atoms with Crippen molar-refractivity contribution in [3.8, 4) is 0 Å². The Labute approximate surface area is 101 Å². The van der Waals surface area contributed by atoms with E-state index in [4.69, 9.17) is 10.5 Å². The quantitative estimate of drug-likeness (QED) is 0.791. The maximum atomic E-state index is 5.72. The highest BCUT2D eigenvalue weighted by molar-refractivity contribution is 7.15. The van der Waals surface area contributed by atoms with Crippen LogP contribution >= 0.6 is 11.3 Å². The van der Waals surface area contributed by atoms with Gasteiger partial charge in [-0.3, -0.25) is 0 Å². The Hall–Kier alpha value is -0.650. The molecule has 0 atom stereocenters. The standard InChI is InChI=1S/C11H21N3OS/c1-4-5-9-10(8-12)16-11(13-9)14(2)6-7-15-3/h4-8,12H2,1-3H3. The topological polar surface area (TPSA) is 51.4 Å². The minimum Gasteiger partial charge on any atom is -0.383 e. The number of hydrogen-bond acceptors (Lipinski definition) is 5. The number of aromatic nitrogens is 1. The highest BCUT2D eigenvalue weighted by Gasteiger charge is 2.12. The fourth-order valence-corrected chi connectivity index (χ4v) is 2.42. The second-order valence-electron chi connectivity index (χ2n) is 3.73. The molecule has 0 amide bonds. The normalized spacial score (nSPS) is 10.8. The SMILES string of the molecule is CCCc1nc(N(C)CCOC)sc1CN. The Morgan fingerprint density at radius 1 is 1.50 bits per heavy atom. The minimum absolute atomic E-state index is 0.588. The average molecular weight is 243 g/mol. The molecule has 0 fully saturated rings. The largest absolute Gasteiger partial charge is 0.383 e. The molecule has 1 aromatic heterocycles. The molecule has 5 heteroatoms. The molecule has 0 bridgehead atoms. The number of ether oxygens (including phenoxy) is 1. The van der Waals surface area contributed by atoms with Crippen LogP contribution in [-0.2, 0) is 17.7 Å². The van der Waals surface area contributed by atoms with E-state index in [0.717, 1.165) is 36.8 Å². The van der Waals surface area contributed by atoms with E-state index in [1.54, 1.807) is 18.4 Å². The van der Waals surface area contributed by atoms with Crippen LogP contribution in [0.1, 0.15) is 23.9 Å². The summed E-state index contributed by atoms with van der Waals surface area (Å²) < 4.78 is 5.06. The molecule has 0 aliphatic heterocycles. The van der Waals surface area contributed by atoms with E-state index < -0.39 is 0 Å². The first-order valence-electron chi connectivity index (χ1n) is 5.61. The fraction of sp³-hybridized carbons (Fsp3) is 0.727. The number of hydrogen-bond donors (Lipinski definition) is 1. The maximum Gasteiger partial charge on any atom is 0.185 e. The van der Waals surface area contributed by atoms with Gasteiger partial charge in [0.15, 0.2) is 5.13 Å². The van der Waals surface area contributed by atoms with Crippen LogP contribution < -0.4 is 10.6 Å². The van der Waals surface area contributed by atoms with Gasteiger partial charge in [0.25, 0.3) is 0 Å². The van der Waals surface area contributed by atoms with Gasteiger partial charge in [-0.25, -0.2) is 4.98 Å². The van der Waals surface area contributed by atoms with E-state index in [9.17, 15) is 0 Å². The summed E-state index contributed by atoms with van der Waals surface area (Å²) >= 11 is 1.69.